The van der Waals surface area contributed by atoms with E-state index in [0.29, 0.717) is 0 Å². The van der Waals surface area contributed by atoms with Crippen LogP contribution in [0.25, 0.3) is 10.4 Å². The zero-order valence-corrected chi connectivity index (χ0v) is 12.7. The maximum atomic E-state index is 5.97. The van der Waals surface area contributed by atoms with Gasteiger partial charge in [0.1, 0.15) is 11.9 Å². The zero-order valence-electron chi connectivity index (χ0n) is 11.8. The molecule has 0 N–H and O–H groups in total. The molecule has 20 heavy (non-hydrogen) atoms. The van der Waals surface area contributed by atoms with Gasteiger partial charge in [0.25, 0.3) is 0 Å². The van der Waals surface area contributed by atoms with Crippen LogP contribution in [0.5, 0.6) is 5.75 Å². The van der Waals surface area contributed by atoms with Crippen molar-refractivity contribution in [2.24, 2.45) is 0 Å². The molecule has 0 spiro atoms. The van der Waals surface area contributed by atoms with Crippen molar-refractivity contribution in [1.82, 2.24) is 9.59 Å². The Morgan fingerprint density at radius 1 is 1.30 bits per heavy atom. The van der Waals surface area contributed by atoms with Gasteiger partial charge < -0.3 is 9.47 Å². The van der Waals surface area contributed by atoms with Gasteiger partial charge in [0.05, 0.1) is 4.88 Å². The molecule has 0 bridgehead atoms. The average Bonchev–Trinajstić information content (AvgIpc) is 3.01. The number of unbranched alkanes of at least 4 members (excludes halogenated alkanes) is 2. The van der Waals surface area contributed by atoms with Gasteiger partial charge in [-0.2, -0.15) is 0 Å². The van der Waals surface area contributed by atoms with E-state index in [1.807, 2.05) is 24.3 Å². The molecule has 4 nitrogen and oxygen atoms in total. The van der Waals surface area contributed by atoms with Gasteiger partial charge in [0, 0.05) is 19.1 Å². The van der Waals surface area contributed by atoms with Crippen LogP contribution in [0.1, 0.15) is 32.6 Å². The summed E-state index contributed by atoms with van der Waals surface area (Å²) in [5.41, 5.74) is 0.958. The van der Waals surface area contributed by atoms with Crippen molar-refractivity contribution in [1.29, 1.82) is 0 Å². The quantitative estimate of drug-likeness (QED) is 0.546. The molecular formula is C15H19N2O2S. The van der Waals surface area contributed by atoms with Crippen molar-refractivity contribution in [3.8, 4) is 16.2 Å². The highest BCUT2D eigenvalue weighted by molar-refractivity contribution is 7.09. The first-order chi connectivity index (χ1) is 9.85. The average molecular weight is 291 g/mol. The number of para-hydroxylation sites is 1. The molecule has 0 amide bonds. The number of rotatable bonds is 8. The van der Waals surface area contributed by atoms with Crippen molar-refractivity contribution in [2.45, 2.75) is 38.9 Å². The molecule has 0 saturated heterocycles. The zero-order chi connectivity index (χ0) is 14.2. The van der Waals surface area contributed by atoms with E-state index in [-0.39, 0.29) is 6.29 Å². The lowest BCUT2D eigenvalue weighted by Crippen LogP contribution is -2.19. The van der Waals surface area contributed by atoms with Gasteiger partial charge in [0.15, 0.2) is 6.29 Å². The van der Waals surface area contributed by atoms with Crippen molar-refractivity contribution < 1.29 is 9.47 Å². The van der Waals surface area contributed by atoms with E-state index in [4.69, 9.17) is 9.47 Å². The molecule has 1 aromatic heterocycles. The van der Waals surface area contributed by atoms with Crippen molar-refractivity contribution in [2.75, 3.05) is 7.11 Å². The second-order valence-corrected chi connectivity index (χ2v) is 5.24. The maximum absolute atomic E-state index is 5.97. The molecule has 2 aromatic rings. The molecule has 5 heteroatoms. The number of nitrogens with zero attached hydrogens (tertiary/aromatic N) is 2. The standard InChI is InChI=1S/C15H19N2O2S/c1-3-4-5-10-15(18-2)19-13-9-7-6-8-12(13)14-11-16-17-20-14/h6-9,15H,3-5,10H2,1-2H3. The lowest BCUT2D eigenvalue weighted by molar-refractivity contribution is -0.0590. The summed E-state index contributed by atoms with van der Waals surface area (Å²) in [7, 11) is 1.68. The van der Waals surface area contributed by atoms with Gasteiger partial charge >= 0.3 is 0 Å². The number of benzene rings is 1. The monoisotopic (exact) mass is 291 g/mol. The highest BCUT2D eigenvalue weighted by Crippen LogP contribution is 2.32. The number of aromatic nitrogens is 2. The molecule has 0 fully saturated rings. The molecule has 0 aliphatic carbocycles. The predicted molar refractivity (Wildman–Crippen MR) is 79.7 cm³/mol. The SMILES string of the molecule is CCCCCC(OC)Oc1ccccc1-c1[c]nns1. The van der Waals surface area contributed by atoms with Crippen LogP contribution >= 0.6 is 11.5 Å². The summed E-state index contributed by atoms with van der Waals surface area (Å²) >= 11 is 1.31. The minimum Gasteiger partial charge on any atom is -0.464 e. The molecule has 1 unspecified atom stereocenters. The maximum Gasteiger partial charge on any atom is 0.199 e. The van der Waals surface area contributed by atoms with Crippen molar-refractivity contribution in [3.05, 3.63) is 30.5 Å². The molecule has 1 aromatic carbocycles. The molecule has 1 heterocycles. The van der Waals surface area contributed by atoms with Gasteiger partial charge in [-0.25, -0.2) is 0 Å². The summed E-state index contributed by atoms with van der Waals surface area (Å²) in [4.78, 5) is 0.879. The van der Waals surface area contributed by atoms with Crippen LogP contribution in [-0.4, -0.2) is 23.0 Å². The van der Waals surface area contributed by atoms with Crippen LogP contribution in [0.3, 0.4) is 0 Å². The van der Waals surface area contributed by atoms with Crippen LogP contribution < -0.4 is 4.74 Å². The lowest BCUT2D eigenvalue weighted by Gasteiger charge is -2.19. The van der Waals surface area contributed by atoms with Crippen LogP contribution in [0.2, 0.25) is 0 Å². The minimum atomic E-state index is -0.219. The van der Waals surface area contributed by atoms with Crippen LogP contribution in [0.15, 0.2) is 24.3 Å². The Balaban J connectivity index is 2.08. The van der Waals surface area contributed by atoms with Gasteiger partial charge in [-0.3, -0.25) is 0 Å². The van der Waals surface area contributed by atoms with Gasteiger partial charge in [-0.05, 0) is 30.1 Å². The van der Waals surface area contributed by atoms with Crippen LogP contribution in [0.4, 0.5) is 0 Å². The first-order valence-electron chi connectivity index (χ1n) is 6.84. The van der Waals surface area contributed by atoms with E-state index < -0.39 is 0 Å². The Bertz CT molecular complexity index is 502. The second kappa shape index (κ2) is 7.97. The Labute approximate surface area is 123 Å². The third kappa shape index (κ3) is 4.02. The minimum absolute atomic E-state index is 0.219. The molecule has 0 aliphatic heterocycles. The van der Waals surface area contributed by atoms with E-state index in [1.165, 1.54) is 24.4 Å². The third-order valence-electron chi connectivity index (χ3n) is 3.02. The summed E-state index contributed by atoms with van der Waals surface area (Å²) < 4.78 is 15.2. The smallest absolute Gasteiger partial charge is 0.199 e. The summed E-state index contributed by atoms with van der Waals surface area (Å²) in [5.74, 6) is 0.790. The number of hydrogen-bond acceptors (Lipinski definition) is 5. The fourth-order valence-electron chi connectivity index (χ4n) is 1.94. The van der Waals surface area contributed by atoms with Crippen LogP contribution in [0, 0.1) is 6.20 Å². The lowest BCUT2D eigenvalue weighted by atomic mass is 10.1. The predicted octanol–water partition coefficient (Wildman–Crippen LogP) is 3.94. The fraction of sp³-hybridized carbons (Fsp3) is 0.467. The number of ether oxygens (including phenoxy) is 2. The summed E-state index contributed by atoms with van der Waals surface area (Å²) in [5, 5.41) is 3.76. The molecule has 107 valence electrons. The molecule has 1 atom stereocenters. The fourth-order valence-corrected chi connectivity index (χ4v) is 2.45. The Morgan fingerprint density at radius 2 is 2.15 bits per heavy atom. The summed E-state index contributed by atoms with van der Waals surface area (Å²) in [6, 6.07) is 7.84. The summed E-state index contributed by atoms with van der Waals surface area (Å²) in [6.45, 7) is 2.19. The summed E-state index contributed by atoms with van der Waals surface area (Å²) in [6.07, 6.45) is 7.03. The molecule has 2 rings (SSSR count). The Hall–Kier alpha value is -1.46. The van der Waals surface area contributed by atoms with E-state index >= 15 is 0 Å². The van der Waals surface area contributed by atoms with Crippen molar-refractivity contribution in [3.63, 3.8) is 0 Å². The molecule has 0 saturated carbocycles. The topological polar surface area (TPSA) is 44.2 Å². The van der Waals surface area contributed by atoms with Gasteiger partial charge in [0.2, 0.25) is 0 Å². The van der Waals surface area contributed by atoms with E-state index in [2.05, 4.69) is 22.7 Å². The second-order valence-electron chi connectivity index (χ2n) is 4.49. The van der Waals surface area contributed by atoms with Crippen molar-refractivity contribution >= 4 is 11.5 Å². The molecule has 1 radical (unpaired) electrons. The largest absolute Gasteiger partial charge is 0.464 e. The van der Waals surface area contributed by atoms with E-state index in [1.54, 1.807) is 7.11 Å². The van der Waals surface area contributed by atoms with E-state index in [0.717, 1.165) is 29.0 Å². The third-order valence-corrected chi connectivity index (χ3v) is 3.68. The number of hydrogen-bond donors (Lipinski definition) is 0. The molecule has 0 aliphatic rings. The van der Waals surface area contributed by atoms with Gasteiger partial charge in [-0.15, -0.1) is 5.10 Å². The highest BCUT2D eigenvalue weighted by Gasteiger charge is 2.14. The first kappa shape index (κ1) is 14.9. The van der Waals surface area contributed by atoms with Gasteiger partial charge in [-0.1, -0.05) is 36.4 Å². The Kier molecular flexibility index (Phi) is 5.95. The molecular weight excluding hydrogens is 272 g/mol. The normalized spacial score (nSPS) is 12.3. The number of methoxy groups -OCH3 is 1. The van der Waals surface area contributed by atoms with E-state index in [9.17, 15) is 0 Å². The highest BCUT2D eigenvalue weighted by atomic mass is 32.1. The first-order valence-corrected chi connectivity index (χ1v) is 7.61. The Morgan fingerprint density at radius 3 is 2.85 bits per heavy atom. The van der Waals surface area contributed by atoms with Crippen LogP contribution in [-0.2, 0) is 4.74 Å².